The number of benzene rings is 1. The normalized spacial score (nSPS) is 15.0. The van der Waals surface area contributed by atoms with Crippen molar-refractivity contribution in [2.75, 3.05) is 12.3 Å². The summed E-state index contributed by atoms with van der Waals surface area (Å²) in [7, 11) is 0. The third kappa shape index (κ3) is 4.22. The predicted octanol–water partition coefficient (Wildman–Crippen LogP) is 2.15. The zero-order chi connectivity index (χ0) is 18.5. The Balaban J connectivity index is 1.33. The average molecular weight is 379 g/mol. The van der Waals surface area contributed by atoms with Gasteiger partial charge < -0.3 is 10.1 Å². The minimum atomic E-state index is -0.0901. The fourth-order valence-electron chi connectivity index (χ4n) is 2.89. The highest BCUT2D eigenvalue weighted by atomic mass is 32.2. The van der Waals surface area contributed by atoms with Gasteiger partial charge in [-0.2, -0.15) is 0 Å². The first-order valence-electron chi connectivity index (χ1n) is 8.50. The summed E-state index contributed by atoms with van der Waals surface area (Å²) >= 11 is 1.31. The van der Waals surface area contributed by atoms with Crippen LogP contribution in [0.4, 0.5) is 0 Å². The van der Waals surface area contributed by atoms with Crippen molar-refractivity contribution in [1.29, 1.82) is 0 Å². The van der Waals surface area contributed by atoms with Crippen molar-refractivity contribution in [3.05, 3.63) is 60.9 Å². The fourth-order valence-corrected chi connectivity index (χ4v) is 3.52. The largest absolute Gasteiger partial charge is 0.487 e. The minimum absolute atomic E-state index is 0.0660. The highest BCUT2D eigenvalue weighted by Gasteiger charge is 2.26. The van der Waals surface area contributed by atoms with Crippen LogP contribution >= 0.6 is 11.8 Å². The molecular formula is C19H17N5O2S. The molecule has 0 fully saturated rings. The Labute approximate surface area is 160 Å². The molecule has 1 unspecified atom stereocenters. The molecule has 1 aliphatic rings. The van der Waals surface area contributed by atoms with Crippen LogP contribution in [0.1, 0.15) is 5.56 Å². The molecule has 8 heteroatoms. The van der Waals surface area contributed by atoms with Crippen LogP contribution in [-0.4, -0.2) is 44.2 Å². The van der Waals surface area contributed by atoms with Crippen LogP contribution in [0, 0.1) is 0 Å². The second-order valence-electron chi connectivity index (χ2n) is 5.99. The number of carbonyl (C=O) groups is 1. The SMILES string of the molecule is O=C(CSc1ncccn1)NCC1Cc2cccc(-c3cncnc3)c2O1. The summed E-state index contributed by atoms with van der Waals surface area (Å²) in [6, 6.07) is 7.79. The van der Waals surface area contributed by atoms with Crippen LogP contribution in [0.5, 0.6) is 5.75 Å². The number of carbonyl (C=O) groups excluding carboxylic acids is 1. The average Bonchev–Trinajstić information content (AvgIpc) is 3.15. The zero-order valence-corrected chi connectivity index (χ0v) is 15.2. The molecule has 1 atom stereocenters. The number of nitrogens with zero attached hydrogens (tertiary/aromatic N) is 4. The third-order valence-electron chi connectivity index (χ3n) is 4.10. The van der Waals surface area contributed by atoms with E-state index in [0.29, 0.717) is 11.7 Å². The topological polar surface area (TPSA) is 89.9 Å². The van der Waals surface area contributed by atoms with Gasteiger partial charge in [-0.1, -0.05) is 30.0 Å². The molecule has 1 N–H and O–H groups in total. The lowest BCUT2D eigenvalue weighted by atomic mass is 10.0. The van der Waals surface area contributed by atoms with Crippen molar-refractivity contribution < 1.29 is 9.53 Å². The highest BCUT2D eigenvalue weighted by Crippen LogP contribution is 2.38. The molecule has 0 aliphatic carbocycles. The van der Waals surface area contributed by atoms with Crippen molar-refractivity contribution in [1.82, 2.24) is 25.3 Å². The Kier molecular flexibility index (Phi) is 5.24. The lowest BCUT2D eigenvalue weighted by molar-refractivity contribution is -0.118. The molecule has 27 heavy (non-hydrogen) atoms. The maximum absolute atomic E-state index is 12.1. The van der Waals surface area contributed by atoms with Crippen molar-refractivity contribution in [2.24, 2.45) is 0 Å². The number of rotatable bonds is 6. The van der Waals surface area contributed by atoms with Crippen LogP contribution in [0.15, 0.2) is 60.5 Å². The second kappa shape index (κ2) is 8.13. The zero-order valence-electron chi connectivity index (χ0n) is 14.4. The van der Waals surface area contributed by atoms with Gasteiger partial charge in [-0.25, -0.2) is 19.9 Å². The van der Waals surface area contributed by atoms with E-state index in [0.717, 1.165) is 28.9 Å². The molecule has 0 spiro atoms. The molecule has 0 saturated heterocycles. The van der Waals surface area contributed by atoms with Crippen LogP contribution in [0.3, 0.4) is 0 Å². The Hall–Kier alpha value is -3.00. The molecule has 0 bridgehead atoms. The Morgan fingerprint density at radius 3 is 2.81 bits per heavy atom. The lowest BCUT2D eigenvalue weighted by Gasteiger charge is -2.13. The number of ether oxygens (including phenoxy) is 1. The summed E-state index contributed by atoms with van der Waals surface area (Å²) in [5, 5.41) is 3.51. The molecule has 0 radical (unpaired) electrons. The first-order chi connectivity index (χ1) is 13.3. The molecule has 1 amide bonds. The Bertz CT molecular complexity index is 924. The van der Waals surface area contributed by atoms with Gasteiger partial charge in [-0.3, -0.25) is 4.79 Å². The third-order valence-corrected chi connectivity index (χ3v) is 4.98. The summed E-state index contributed by atoms with van der Waals surface area (Å²) in [5.41, 5.74) is 3.01. The predicted molar refractivity (Wildman–Crippen MR) is 101 cm³/mol. The number of aromatic nitrogens is 4. The standard InChI is InChI=1S/C19H17N5O2S/c25-17(11-27-19-22-5-2-6-23-19)24-10-15-7-13-3-1-4-16(18(13)26-15)14-8-20-12-21-9-14/h1-6,8-9,12,15H,7,10-11H2,(H,24,25). The molecule has 2 aromatic heterocycles. The quantitative estimate of drug-likeness (QED) is 0.518. The van der Waals surface area contributed by atoms with E-state index >= 15 is 0 Å². The first kappa shape index (κ1) is 17.4. The van der Waals surface area contributed by atoms with E-state index in [1.165, 1.54) is 18.1 Å². The van der Waals surface area contributed by atoms with E-state index in [9.17, 15) is 4.79 Å². The number of hydrogen-bond acceptors (Lipinski definition) is 7. The van der Waals surface area contributed by atoms with Gasteiger partial charge in [0.1, 0.15) is 18.2 Å². The molecule has 7 nitrogen and oxygen atoms in total. The van der Waals surface area contributed by atoms with Gasteiger partial charge in [0, 0.05) is 42.3 Å². The molecule has 136 valence electrons. The van der Waals surface area contributed by atoms with Gasteiger partial charge >= 0.3 is 0 Å². The molecular weight excluding hydrogens is 362 g/mol. The van der Waals surface area contributed by atoms with E-state index in [1.807, 2.05) is 18.2 Å². The van der Waals surface area contributed by atoms with Gasteiger partial charge in [0.2, 0.25) is 5.91 Å². The van der Waals surface area contributed by atoms with Crippen LogP contribution in [-0.2, 0) is 11.2 Å². The number of fused-ring (bicyclic) bond motifs is 1. The van der Waals surface area contributed by atoms with Gasteiger partial charge in [-0.05, 0) is 11.6 Å². The summed E-state index contributed by atoms with van der Waals surface area (Å²) in [6.07, 6.45) is 9.02. The number of hydrogen-bond donors (Lipinski definition) is 1. The molecule has 1 aromatic carbocycles. The van der Waals surface area contributed by atoms with Crippen LogP contribution in [0.25, 0.3) is 11.1 Å². The summed E-state index contributed by atoms with van der Waals surface area (Å²) in [6.45, 7) is 0.453. The van der Waals surface area contributed by atoms with E-state index in [1.54, 1.807) is 30.9 Å². The summed E-state index contributed by atoms with van der Waals surface area (Å²) in [4.78, 5) is 28.4. The van der Waals surface area contributed by atoms with Crippen LogP contribution < -0.4 is 10.1 Å². The van der Waals surface area contributed by atoms with Gasteiger partial charge in [0.05, 0.1) is 12.3 Å². The van der Waals surface area contributed by atoms with E-state index < -0.39 is 0 Å². The fraction of sp³-hybridized carbons (Fsp3) is 0.211. The summed E-state index contributed by atoms with van der Waals surface area (Å²) < 4.78 is 6.10. The number of para-hydroxylation sites is 1. The minimum Gasteiger partial charge on any atom is -0.487 e. The van der Waals surface area contributed by atoms with E-state index in [4.69, 9.17) is 4.74 Å². The maximum Gasteiger partial charge on any atom is 0.230 e. The van der Waals surface area contributed by atoms with Gasteiger partial charge in [0.25, 0.3) is 0 Å². The van der Waals surface area contributed by atoms with E-state index in [2.05, 4.69) is 25.3 Å². The first-order valence-corrected chi connectivity index (χ1v) is 9.48. The molecule has 3 aromatic rings. The number of nitrogens with one attached hydrogen (secondary N) is 1. The molecule has 4 rings (SSSR count). The van der Waals surface area contributed by atoms with Crippen LogP contribution in [0.2, 0.25) is 0 Å². The monoisotopic (exact) mass is 379 g/mol. The summed E-state index contributed by atoms with van der Waals surface area (Å²) in [5.74, 6) is 1.05. The van der Waals surface area contributed by atoms with Crippen molar-refractivity contribution in [2.45, 2.75) is 17.7 Å². The van der Waals surface area contributed by atoms with E-state index in [-0.39, 0.29) is 17.8 Å². The number of amides is 1. The second-order valence-corrected chi connectivity index (χ2v) is 6.93. The van der Waals surface area contributed by atoms with Crippen molar-refractivity contribution in [3.63, 3.8) is 0 Å². The van der Waals surface area contributed by atoms with Gasteiger partial charge in [-0.15, -0.1) is 0 Å². The van der Waals surface area contributed by atoms with Crippen molar-refractivity contribution in [3.8, 4) is 16.9 Å². The Morgan fingerprint density at radius 2 is 2.00 bits per heavy atom. The van der Waals surface area contributed by atoms with Gasteiger partial charge in [0.15, 0.2) is 5.16 Å². The number of thioether (sulfide) groups is 1. The maximum atomic E-state index is 12.1. The lowest BCUT2D eigenvalue weighted by Crippen LogP contribution is -2.35. The Morgan fingerprint density at radius 1 is 1.19 bits per heavy atom. The van der Waals surface area contributed by atoms with Crippen molar-refractivity contribution >= 4 is 17.7 Å². The highest BCUT2D eigenvalue weighted by molar-refractivity contribution is 7.99. The molecule has 1 aliphatic heterocycles. The smallest absolute Gasteiger partial charge is 0.230 e. The molecule has 0 saturated carbocycles. The molecule has 3 heterocycles.